The summed E-state index contributed by atoms with van der Waals surface area (Å²) in [4.78, 5) is 4.43. The molecule has 1 heterocycles. The summed E-state index contributed by atoms with van der Waals surface area (Å²) in [6, 6.07) is 26.9. The Bertz CT molecular complexity index is 1200. The molecule has 0 amide bonds. The molecule has 3 aromatic carbocycles. The zero-order valence-electron chi connectivity index (χ0n) is 19.9. The van der Waals surface area contributed by atoms with Crippen molar-refractivity contribution in [1.29, 1.82) is 0 Å². The second-order valence-corrected chi connectivity index (χ2v) is 8.44. The molecule has 1 aromatic heterocycles. The smallest absolute Gasteiger partial charge is 0.361 e. The molecule has 7 heteroatoms. The molecule has 0 aliphatic carbocycles. The van der Waals surface area contributed by atoms with Gasteiger partial charge in [0.2, 0.25) is 0 Å². The Balaban J connectivity index is 1.44. The molecule has 0 saturated heterocycles. The maximum Gasteiger partial charge on any atom is 0.361 e. The van der Waals surface area contributed by atoms with Crippen molar-refractivity contribution in [3.63, 3.8) is 0 Å². The number of ether oxygens (including phenoxy) is 3. The van der Waals surface area contributed by atoms with Crippen LogP contribution in [0.5, 0.6) is 23.0 Å². The van der Waals surface area contributed by atoms with E-state index >= 15 is 0 Å². The van der Waals surface area contributed by atoms with Crippen molar-refractivity contribution in [2.24, 2.45) is 0 Å². The molecule has 4 aromatic rings. The van der Waals surface area contributed by atoms with E-state index < -0.39 is 6.48 Å². The normalized spacial score (nSPS) is 11.1. The van der Waals surface area contributed by atoms with Gasteiger partial charge in [-0.25, -0.2) is 0 Å². The second-order valence-electron chi connectivity index (χ2n) is 7.87. The molecule has 180 valence electrons. The molecule has 1 atom stereocenters. The van der Waals surface area contributed by atoms with Crippen LogP contribution in [0, 0.1) is 20.8 Å². The number of pyridine rings is 1. The van der Waals surface area contributed by atoms with Gasteiger partial charge in [0.05, 0.1) is 0 Å². The van der Waals surface area contributed by atoms with Crippen molar-refractivity contribution in [1.82, 2.24) is 4.98 Å². The number of aryl methyl sites for hydroxylation is 3. The molecule has 6 nitrogen and oxygen atoms in total. The van der Waals surface area contributed by atoms with Gasteiger partial charge in [-0.15, -0.1) is 0 Å². The maximum atomic E-state index is 6.08. The Kier molecular flexibility index (Phi) is 8.55. The summed E-state index contributed by atoms with van der Waals surface area (Å²) < 4.78 is 29.9. The van der Waals surface area contributed by atoms with Gasteiger partial charge in [0.25, 0.3) is 9.03 Å². The number of benzene rings is 3. The van der Waals surface area contributed by atoms with E-state index in [1.54, 1.807) is 6.20 Å². The average molecular weight is 490 g/mol. The van der Waals surface area contributed by atoms with Crippen molar-refractivity contribution < 1.29 is 23.3 Å². The van der Waals surface area contributed by atoms with Crippen molar-refractivity contribution >= 4 is 9.03 Å². The fraction of sp³-hybridized carbons (Fsp3) is 0.179. The van der Waals surface area contributed by atoms with Gasteiger partial charge in [-0.1, -0.05) is 54.6 Å². The van der Waals surface area contributed by atoms with Crippen molar-refractivity contribution in [3.05, 3.63) is 114 Å². The lowest BCUT2D eigenvalue weighted by Gasteiger charge is -2.22. The summed E-state index contributed by atoms with van der Waals surface area (Å²) in [7, 11) is -0.227. The fourth-order valence-corrected chi connectivity index (χ4v) is 3.87. The number of nitrogens with zero attached hydrogens (tertiary/aromatic N) is 1. The van der Waals surface area contributed by atoms with Crippen LogP contribution in [0.4, 0.5) is 0 Å². The zero-order valence-corrected chi connectivity index (χ0v) is 20.9. The van der Waals surface area contributed by atoms with Gasteiger partial charge in [0, 0.05) is 6.20 Å². The van der Waals surface area contributed by atoms with E-state index in [2.05, 4.69) is 4.98 Å². The lowest BCUT2D eigenvalue weighted by Crippen LogP contribution is -2.28. The Morgan fingerprint density at radius 1 is 0.629 bits per heavy atom. The van der Waals surface area contributed by atoms with Crippen molar-refractivity contribution in [2.45, 2.75) is 33.9 Å². The number of para-hydroxylation sites is 3. The first-order chi connectivity index (χ1) is 17.1. The number of aromatic nitrogens is 1. The van der Waals surface area contributed by atoms with E-state index in [1.165, 1.54) is 0 Å². The first kappa shape index (κ1) is 24.5. The van der Waals surface area contributed by atoms with Crippen LogP contribution < -0.4 is 18.5 Å². The van der Waals surface area contributed by atoms with Gasteiger partial charge in [0.1, 0.15) is 29.5 Å². The Labute approximate surface area is 207 Å². The Morgan fingerprint density at radius 2 is 1.11 bits per heavy atom. The molecule has 4 rings (SSSR count). The quantitative estimate of drug-likeness (QED) is 0.168. The highest BCUT2D eigenvalue weighted by Gasteiger charge is 2.18. The third-order valence-corrected chi connectivity index (χ3v) is 5.84. The van der Waals surface area contributed by atoms with Crippen LogP contribution >= 0.6 is 9.03 Å². The SMILES string of the molecule is Cc1ccccc1OPOc1cccnc1COC(Oc1ccccc1C)Oc1ccccc1C. The minimum absolute atomic E-state index is 0.118. The molecule has 0 fully saturated rings. The first-order valence-electron chi connectivity index (χ1n) is 11.2. The summed E-state index contributed by atoms with van der Waals surface area (Å²) in [5.74, 6) is 2.71. The predicted octanol–water partition coefficient (Wildman–Crippen LogP) is 6.93. The van der Waals surface area contributed by atoms with Crippen molar-refractivity contribution in [2.75, 3.05) is 0 Å². The molecule has 0 spiro atoms. The Morgan fingerprint density at radius 3 is 1.69 bits per heavy atom. The maximum absolute atomic E-state index is 6.08. The lowest BCUT2D eigenvalue weighted by atomic mass is 10.2. The molecule has 0 saturated carbocycles. The topological polar surface area (TPSA) is 59.0 Å². The van der Waals surface area contributed by atoms with Gasteiger partial charge in [-0.3, -0.25) is 4.98 Å². The van der Waals surface area contributed by atoms with Crippen LogP contribution in [0.1, 0.15) is 22.4 Å². The second kappa shape index (κ2) is 12.2. The average Bonchev–Trinajstić information content (AvgIpc) is 2.87. The zero-order chi connectivity index (χ0) is 24.5. The number of hydrogen-bond acceptors (Lipinski definition) is 6. The molecule has 0 aliphatic rings. The molecule has 35 heavy (non-hydrogen) atoms. The summed E-state index contributed by atoms with van der Waals surface area (Å²) in [5, 5.41) is 0. The minimum atomic E-state index is -0.988. The molecule has 1 unspecified atom stereocenters. The molecule has 0 bridgehead atoms. The van der Waals surface area contributed by atoms with Crippen molar-refractivity contribution in [3.8, 4) is 23.0 Å². The van der Waals surface area contributed by atoms with Crippen LogP contribution in [0.25, 0.3) is 0 Å². The highest BCUT2D eigenvalue weighted by Crippen LogP contribution is 2.29. The van der Waals surface area contributed by atoms with Gasteiger partial charge in [-0.05, 0) is 67.8 Å². The molecule has 0 N–H and O–H groups in total. The van der Waals surface area contributed by atoms with Crippen LogP contribution in [-0.2, 0) is 11.3 Å². The van der Waals surface area contributed by atoms with E-state index in [4.69, 9.17) is 23.3 Å². The van der Waals surface area contributed by atoms with Gasteiger partial charge in [-0.2, -0.15) is 0 Å². The van der Waals surface area contributed by atoms with Gasteiger partial charge >= 0.3 is 6.48 Å². The molecule has 0 radical (unpaired) electrons. The van der Waals surface area contributed by atoms with Crippen LogP contribution in [-0.4, -0.2) is 11.5 Å². The monoisotopic (exact) mass is 489 g/mol. The highest BCUT2D eigenvalue weighted by atomic mass is 31.1. The third-order valence-electron chi connectivity index (χ3n) is 5.24. The number of rotatable bonds is 11. The predicted molar refractivity (Wildman–Crippen MR) is 137 cm³/mol. The van der Waals surface area contributed by atoms with E-state index in [0.29, 0.717) is 22.9 Å². The van der Waals surface area contributed by atoms with Gasteiger partial charge < -0.3 is 23.3 Å². The fourth-order valence-electron chi connectivity index (χ4n) is 3.23. The van der Waals surface area contributed by atoms with Crippen LogP contribution in [0.2, 0.25) is 0 Å². The third kappa shape index (κ3) is 6.95. The summed E-state index contributed by atoms with van der Waals surface area (Å²) in [5.41, 5.74) is 3.61. The van der Waals surface area contributed by atoms with E-state index in [-0.39, 0.29) is 15.6 Å². The lowest BCUT2D eigenvalue weighted by molar-refractivity contribution is -0.206. The van der Waals surface area contributed by atoms with E-state index in [1.807, 2.05) is 106 Å². The number of hydrogen-bond donors (Lipinski definition) is 0. The molecular formula is C28H28NO5P. The largest absolute Gasteiger partial charge is 0.440 e. The molecule has 0 aliphatic heterocycles. The molecular weight excluding hydrogens is 461 g/mol. The standard InChI is InChI=1S/C28H28NO5P/c1-20-11-4-7-14-24(20)31-28(32-25-15-8-5-12-21(25)2)30-19-23-27(17-10-18-29-23)34-35-33-26-16-9-6-13-22(26)3/h4-18,28,35H,19H2,1-3H3. The van der Waals surface area contributed by atoms with E-state index in [9.17, 15) is 0 Å². The summed E-state index contributed by atoms with van der Waals surface area (Å²) >= 11 is 0. The minimum Gasteiger partial charge on any atom is -0.440 e. The van der Waals surface area contributed by atoms with Crippen LogP contribution in [0.15, 0.2) is 91.1 Å². The van der Waals surface area contributed by atoms with Crippen LogP contribution in [0.3, 0.4) is 0 Å². The van der Waals surface area contributed by atoms with E-state index in [0.717, 1.165) is 22.4 Å². The summed E-state index contributed by atoms with van der Waals surface area (Å²) in [6.45, 7) is 5.07. The summed E-state index contributed by atoms with van der Waals surface area (Å²) in [6.07, 6.45) is 1.69. The highest BCUT2D eigenvalue weighted by molar-refractivity contribution is 7.27. The van der Waals surface area contributed by atoms with Gasteiger partial charge in [0.15, 0.2) is 5.75 Å². The Hall–Kier alpha value is -3.60. The first-order valence-corrected chi connectivity index (χ1v) is 12.1.